The maximum Gasteiger partial charge on any atom is 0.258 e. The van der Waals surface area contributed by atoms with E-state index in [1.54, 1.807) is 71.4 Å². The second kappa shape index (κ2) is 10.8. The quantitative estimate of drug-likeness (QED) is 0.297. The van der Waals surface area contributed by atoms with Gasteiger partial charge in [-0.3, -0.25) is 9.36 Å². The SMILES string of the molecule is N#Cc1cccc(Oc2ccc(Nc3ncc(Cc4ccon4)c(=O)n3Cc3ccc(Cl)cc3)cc2)n1. The number of nitriles is 1. The number of pyridine rings is 1. The standard InChI is InChI=1S/C27H19ClN6O3/c28-20-6-4-18(5-7-20)17-34-26(35)19(14-22-12-13-36-33-22)16-30-27(34)32-21-8-10-24(11-9-21)37-25-3-1-2-23(15-29)31-25/h1-13,16H,14,17H2,(H,30,32). The summed E-state index contributed by atoms with van der Waals surface area (Å²) in [5.74, 6) is 1.24. The Morgan fingerprint density at radius 3 is 2.59 bits per heavy atom. The summed E-state index contributed by atoms with van der Waals surface area (Å²) in [7, 11) is 0. The van der Waals surface area contributed by atoms with E-state index >= 15 is 0 Å². The Kier molecular flexibility index (Phi) is 6.92. The van der Waals surface area contributed by atoms with E-state index in [1.165, 1.54) is 6.26 Å². The lowest BCUT2D eigenvalue weighted by Crippen LogP contribution is -2.27. The van der Waals surface area contributed by atoms with Crippen molar-refractivity contribution in [2.45, 2.75) is 13.0 Å². The Morgan fingerprint density at radius 2 is 1.86 bits per heavy atom. The number of hydrogen-bond acceptors (Lipinski definition) is 8. The molecular formula is C27H19ClN6O3. The van der Waals surface area contributed by atoms with Gasteiger partial charge in [-0.2, -0.15) is 5.26 Å². The molecule has 0 saturated heterocycles. The molecule has 1 N–H and O–H groups in total. The third-order valence-corrected chi connectivity index (χ3v) is 5.66. The molecule has 0 aliphatic carbocycles. The van der Waals surface area contributed by atoms with Crippen molar-refractivity contribution >= 4 is 23.2 Å². The summed E-state index contributed by atoms with van der Waals surface area (Å²) in [6.07, 6.45) is 3.31. The Morgan fingerprint density at radius 1 is 1.05 bits per heavy atom. The number of nitrogens with one attached hydrogen (secondary N) is 1. The Bertz CT molecular complexity index is 1610. The van der Waals surface area contributed by atoms with Crippen molar-refractivity contribution in [3.05, 3.63) is 123 Å². The normalized spacial score (nSPS) is 10.6. The van der Waals surface area contributed by atoms with E-state index in [1.807, 2.05) is 18.2 Å². The highest BCUT2D eigenvalue weighted by Gasteiger charge is 2.13. The first-order valence-electron chi connectivity index (χ1n) is 11.2. The van der Waals surface area contributed by atoms with E-state index in [9.17, 15) is 4.79 Å². The molecule has 0 unspecified atom stereocenters. The molecule has 0 bridgehead atoms. The molecule has 0 saturated carbocycles. The summed E-state index contributed by atoms with van der Waals surface area (Å²) in [6, 6.07) is 23.1. The molecule has 10 heteroatoms. The molecule has 0 radical (unpaired) electrons. The fourth-order valence-corrected chi connectivity index (χ4v) is 3.71. The Hall–Kier alpha value is -4.94. The molecule has 3 aromatic heterocycles. The lowest BCUT2D eigenvalue weighted by Gasteiger charge is -2.15. The van der Waals surface area contributed by atoms with Gasteiger partial charge >= 0.3 is 0 Å². The summed E-state index contributed by atoms with van der Waals surface area (Å²) < 4.78 is 12.2. The first-order valence-corrected chi connectivity index (χ1v) is 11.6. The monoisotopic (exact) mass is 510 g/mol. The van der Waals surface area contributed by atoms with Gasteiger partial charge in [0, 0.05) is 41.0 Å². The van der Waals surface area contributed by atoms with Crippen LogP contribution in [0.2, 0.25) is 5.02 Å². The zero-order chi connectivity index (χ0) is 25.6. The smallest absolute Gasteiger partial charge is 0.258 e. The zero-order valence-electron chi connectivity index (χ0n) is 19.3. The van der Waals surface area contributed by atoms with Crippen molar-refractivity contribution in [3.63, 3.8) is 0 Å². The molecule has 0 aliphatic heterocycles. The van der Waals surface area contributed by atoms with Crippen LogP contribution in [0.25, 0.3) is 0 Å². The van der Waals surface area contributed by atoms with Gasteiger partial charge in [0.2, 0.25) is 11.8 Å². The van der Waals surface area contributed by atoms with E-state index in [0.717, 1.165) is 5.56 Å². The predicted molar refractivity (Wildman–Crippen MR) is 137 cm³/mol. The maximum absolute atomic E-state index is 13.4. The van der Waals surface area contributed by atoms with Crippen molar-refractivity contribution in [2.75, 3.05) is 5.32 Å². The molecule has 2 aromatic carbocycles. The fourth-order valence-electron chi connectivity index (χ4n) is 3.59. The highest BCUT2D eigenvalue weighted by Crippen LogP contribution is 2.23. The molecule has 5 aromatic rings. The van der Waals surface area contributed by atoms with Gasteiger partial charge in [0.1, 0.15) is 23.8 Å². The molecule has 3 heterocycles. The van der Waals surface area contributed by atoms with Crippen molar-refractivity contribution in [2.24, 2.45) is 0 Å². The lowest BCUT2D eigenvalue weighted by atomic mass is 10.2. The summed E-state index contributed by atoms with van der Waals surface area (Å²) in [5, 5.41) is 16.7. The number of halogens is 1. The van der Waals surface area contributed by atoms with Crippen molar-refractivity contribution in [1.82, 2.24) is 19.7 Å². The predicted octanol–water partition coefficient (Wildman–Crippen LogP) is 5.33. The molecule has 9 nitrogen and oxygen atoms in total. The van der Waals surface area contributed by atoms with Gasteiger partial charge in [0.25, 0.3) is 5.56 Å². The summed E-state index contributed by atoms with van der Waals surface area (Å²) in [5.41, 5.74) is 2.80. The minimum absolute atomic E-state index is 0.196. The molecule has 0 spiro atoms. The number of aromatic nitrogens is 4. The van der Waals surface area contributed by atoms with Gasteiger partial charge < -0.3 is 14.6 Å². The van der Waals surface area contributed by atoms with Crippen LogP contribution in [-0.4, -0.2) is 19.7 Å². The molecule has 182 valence electrons. The Balaban J connectivity index is 1.40. The van der Waals surface area contributed by atoms with Gasteiger partial charge in [0.15, 0.2) is 0 Å². The van der Waals surface area contributed by atoms with Gasteiger partial charge in [0.05, 0.1) is 12.2 Å². The van der Waals surface area contributed by atoms with Crippen LogP contribution < -0.4 is 15.6 Å². The zero-order valence-corrected chi connectivity index (χ0v) is 20.1. The van der Waals surface area contributed by atoms with E-state index in [2.05, 4.69) is 20.4 Å². The van der Waals surface area contributed by atoms with Crippen LogP contribution in [0.4, 0.5) is 11.6 Å². The number of anilines is 2. The van der Waals surface area contributed by atoms with Crippen LogP contribution in [0.15, 0.2) is 94.6 Å². The second-order valence-electron chi connectivity index (χ2n) is 8.02. The molecular weight excluding hydrogens is 492 g/mol. The van der Waals surface area contributed by atoms with Gasteiger partial charge in [-0.25, -0.2) is 9.97 Å². The van der Waals surface area contributed by atoms with Gasteiger partial charge in [-0.1, -0.05) is 35.0 Å². The molecule has 0 fully saturated rings. The first kappa shape index (κ1) is 23.8. The molecule has 0 atom stereocenters. The second-order valence-corrected chi connectivity index (χ2v) is 8.45. The molecule has 5 rings (SSSR count). The molecule has 0 aliphatic rings. The van der Waals surface area contributed by atoms with Crippen LogP contribution in [0.5, 0.6) is 11.6 Å². The average Bonchev–Trinajstić information content (AvgIpc) is 3.43. The van der Waals surface area contributed by atoms with Crippen LogP contribution >= 0.6 is 11.6 Å². The van der Waals surface area contributed by atoms with Crippen LogP contribution in [0, 0.1) is 11.3 Å². The van der Waals surface area contributed by atoms with Crippen molar-refractivity contribution in [1.29, 1.82) is 5.26 Å². The highest BCUT2D eigenvalue weighted by atomic mass is 35.5. The minimum atomic E-state index is -0.196. The lowest BCUT2D eigenvalue weighted by molar-refractivity contribution is 0.413. The average molecular weight is 511 g/mol. The van der Waals surface area contributed by atoms with E-state index in [-0.39, 0.29) is 11.3 Å². The first-order chi connectivity index (χ1) is 18.1. The largest absolute Gasteiger partial charge is 0.439 e. The maximum atomic E-state index is 13.4. The summed E-state index contributed by atoms with van der Waals surface area (Å²) >= 11 is 6.03. The third-order valence-electron chi connectivity index (χ3n) is 5.41. The highest BCUT2D eigenvalue weighted by molar-refractivity contribution is 6.30. The van der Waals surface area contributed by atoms with E-state index < -0.39 is 0 Å². The number of rotatable bonds is 8. The van der Waals surface area contributed by atoms with Gasteiger partial charge in [-0.15, -0.1) is 0 Å². The summed E-state index contributed by atoms with van der Waals surface area (Å²) in [6.45, 7) is 0.292. The minimum Gasteiger partial charge on any atom is -0.439 e. The van der Waals surface area contributed by atoms with Crippen LogP contribution in [0.3, 0.4) is 0 Å². The summed E-state index contributed by atoms with van der Waals surface area (Å²) in [4.78, 5) is 22.1. The van der Waals surface area contributed by atoms with Gasteiger partial charge in [-0.05, 0) is 48.0 Å². The third kappa shape index (κ3) is 5.83. The fraction of sp³-hybridized carbons (Fsp3) is 0.0741. The van der Waals surface area contributed by atoms with Crippen LogP contribution in [-0.2, 0) is 13.0 Å². The Labute approximate surface area is 216 Å². The van der Waals surface area contributed by atoms with Crippen molar-refractivity contribution in [3.8, 4) is 17.7 Å². The van der Waals surface area contributed by atoms with Crippen LogP contribution in [0.1, 0.15) is 22.5 Å². The number of benzene rings is 2. The van der Waals surface area contributed by atoms with E-state index in [0.29, 0.717) is 52.5 Å². The van der Waals surface area contributed by atoms with Crippen molar-refractivity contribution < 1.29 is 9.26 Å². The molecule has 37 heavy (non-hydrogen) atoms. The van der Waals surface area contributed by atoms with E-state index in [4.69, 9.17) is 26.1 Å². The number of nitrogens with zero attached hydrogens (tertiary/aromatic N) is 5. The number of hydrogen-bond donors (Lipinski definition) is 1. The molecule has 0 amide bonds. The number of ether oxygens (including phenoxy) is 1. The topological polar surface area (TPSA) is 119 Å².